The van der Waals surface area contributed by atoms with Crippen molar-refractivity contribution in [1.29, 1.82) is 0 Å². The number of nitrogens with two attached hydrogens (primary N) is 1. The summed E-state index contributed by atoms with van der Waals surface area (Å²) in [6.45, 7) is 0.495. The van der Waals surface area contributed by atoms with Crippen LogP contribution in [-0.2, 0) is 6.42 Å². The summed E-state index contributed by atoms with van der Waals surface area (Å²) < 4.78 is 18.9. The smallest absolute Gasteiger partial charge is 0.145 e. The van der Waals surface area contributed by atoms with Crippen molar-refractivity contribution >= 4 is 34.5 Å². The van der Waals surface area contributed by atoms with E-state index in [2.05, 4.69) is 4.99 Å². The molecule has 1 aromatic carbocycles. The molecule has 0 aliphatic carbocycles. The third-order valence-corrected chi connectivity index (χ3v) is 3.72. The highest BCUT2D eigenvalue weighted by Crippen LogP contribution is 2.28. The number of thiophene rings is 1. The molecule has 0 saturated heterocycles. The third-order valence-electron chi connectivity index (χ3n) is 2.51. The molecule has 2 N–H and O–H groups in total. The average Bonchev–Trinajstić information content (AvgIpc) is 2.94. The maximum atomic E-state index is 13.3. The minimum atomic E-state index is -0.392. The minimum Gasteiger partial charge on any atom is -0.491 e. The summed E-state index contributed by atoms with van der Waals surface area (Å²) in [5.41, 5.74) is 5.93. The van der Waals surface area contributed by atoms with Crippen LogP contribution in [0, 0.1) is 5.82 Å². The number of nitrogens with zero attached hydrogens (tertiary/aromatic N) is 1. The van der Waals surface area contributed by atoms with Gasteiger partial charge in [-0.05, 0) is 23.6 Å². The number of rotatable bonds is 6. The summed E-state index contributed by atoms with van der Waals surface area (Å²) in [5, 5.41) is 2.02. The fraction of sp³-hybridized carbons (Fsp3) is 0.214. The van der Waals surface area contributed by atoms with E-state index < -0.39 is 5.82 Å². The predicted octanol–water partition coefficient (Wildman–Crippen LogP) is 3.74. The highest BCUT2D eigenvalue weighted by molar-refractivity contribution is 7.09. The summed E-state index contributed by atoms with van der Waals surface area (Å²) in [4.78, 5) is 5.29. The number of hydrogen-bond donors (Lipinski definition) is 1. The highest BCUT2D eigenvalue weighted by Gasteiger charge is 2.06. The molecule has 1 aromatic heterocycles. The molecule has 0 saturated carbocycles. The summed E-state index contributed by atoms with van der Waals surface area (Å²) in [6.07, 6.45) is 0.795. The molecular weight excluding hydrogens is 299 g/mol. The van der Waals surface area contributed by atoms with E-state index in [-0.39, 0.29) is 11.7 Å². The molecule has 0 unspecified atom stereocenters. The van der Waals surface area contributed by atoms with E-state index >= 15 is 0 Å². The zero-order valence-electron chi connectivity index (χ0n) is 10.7. The van der Waals surface area contributed by atoms with Gasteiger partial charge in [0.25, 0.3) is 0 Å². The minimum absolute atomic E-state index is 0.0884. The van der Waals surface area contributed by atoms with E-state index in [9.17, 15) is 4.39 Å². The van der Waals surface area contributed by atoms with Crippen LogP contribution < -0.4 is 10.5 Å². The van der Waals surface area contributed by atoms with Crippen LogP contribution in [0.15, 0.2) is 40.7 Å². The number of aliphatic imine (C=N–C) groups is 1. The van der Waals surface area contributed by atoms with Gasteiger partial charge >= 0.3 is 0 Å². The maximum absolute atomic E-state index is 13.3. The molecule has 6 heteroatoms. The summed E-state index contributed by atoms with van der Waals surface area (Å²) in [7, 11) is 0. The van der Waals surface area contributed by atoms with Crippen LogP contribution in [0.5, 0.6) is 5.75 Å². The Morgan fingerprint density at radius 2 is 2.25 bits per heavy atom. The van der Waals surface area contributed by atoms with E-state index in [1.807, 2.05) is 17.5 Å². The van der Waals surface area contributed by atoms with Gasteiger partial charge in [-0.25, -0.2) is 9.38 Å². The van der Waals surface area contributed by atoms with Gasteiger partial charge in [0, 0.05) is 17.4 Å². The van der Waals surface area contributed by atoms with Crippen molar-refractivity contribution in [2.45, 2.75) is 6.42 Å². The van der Waals surface area contributed by atoms with Crippen molar-refractivity contribution < 1.29 is 9.13 Å². The van der Waals surface area contributed by atoms with Gasteiger partial charge in [-0.2, -0.15) is 0 Å². The van der Waals surface area contributed by atoms with Gasteiger partial charge in [0.05, 0.1) is 12.5 Å². The van der Waals surface area contributed by atoms with Crippen LogP contribution >= 0.6 is 22.9 Å². The lowest BCUT2D eigenvalue weighted by Crippen LogP contribution is -2.12. The number of amidine groups is 1. The van der Waals surface area contributed by atoms with Crippen LogP contribution in [-0.4, -0.2) is 18.3 Å². The number of alkyl halides is 1. The SMILES string of the molecule is NC(CCl)=Nc1cc(F)ccc1OCCc1cccs1. The fourth-order valence-electron chi connectivity index (χ4n) is 1.60. The first-order valence-electron chi connectivity index (χ1n) is 6.03. The van der Waals surface area contributed by atoms with Gasteiger partial charge in [0.1, 0.15) is 23.1 Å². The first-order valence-corrected chi connectivity index (χ1v) is 7.44. The van der Waals surface area contributed by atoms with E-state index in [1.165, 1.54) is 17.0 Å². The molecule has 0 spiro atoms. The van der Waals surface area contributed by atoms with E-state index in [0.29, 0.717) is 18.0 Å². The zero-order valence-corrected chi connectivity index (χ0v) is 12.3. The Balaban J connectivity index is 2.06. The molecule has 2 rings (SSSR count). The first-order chi connectivity index (χ1) is 9.69. The lowest BCUT2D eigenvalue weighted by molar-refractivity contribution is 0.323. The Morgan fingerprint density at radius 1 is 1.40 bits per heavy atom. The van der Waals surface area contributed by atoms with Crippen molar-refractivity contribution in [1.82, 2.24) is 0 Å². The standard InChI is InChI=1S/C14H14ClFN2OS/c15-9-14(17)18-12-8-10(16)3-4-13(12)19-6-5-11-2-1-7-20-11/h1-4,7-8H,5-6,9H2,(H2,17,18). The van der Waals surface area contributed by atoms with Gasteiger partial charge in [0.15, 0.2) is 0 Å². The van der Waals surface area contributed by atoms with Crippen molar-refractivity contribution in [3.05, 3.63) is 46.4 Å². The molecule has 106 valence electrons. The lowest BCUT2D eigenvalue weighted by Gasteiger charge is -2.09. The van der Waals surface area contributed by atoms with Crippen LogP contribution in [0.2, 0.25) is 0 Å². The molecule has 3 nitrogen and oxygen atoms in total. The topological polar surface area (TPSA) is 47.6 Å². The Kier molecular flexibility index (Phi) is 5.38. The monoisotopic (exact) mass is 312 g/mol. The molecule has 20 heavy (non-hydrogen) atoms. The van der Waals surface area contributed by atoms with Crippen LogP contribution in [0.25, 0.3) is 0 Å². The van der Waals surface area contributed by atoms with Crippen LogP contribution in [0.4, 0.5) is 10.1 Å². The maximum Gasteiger partial charge on any atom is 0.145 e. The second-order valence-electron chi connectivity index (χ2n) is 4.03. The van der Waals surface area contributed by atoms with Crippen molar-refractivity contribution in [2.75, 3.05) is 12.5 Å². The second kappa shape index (κ2) is 7.26. The summed E-state index contributed by atoms with van der Waals surface area (Å²) in [6, 6.07) is 8.19. The van der Waals surface area contributed by atoms with Gasteiger partial charge in [-0.1, -0.05) is 6.07 Å². The molecule has 0 aliphatic rings. The Hall–Kier alpha value is -1.59. The largest absolute Gasteiger partial charge is 0.491 e. The molecule has 2 aromatic rings. The lowest BCUT2D eigenvalue weighted by atomic mass is 10.3. The molecule has 0 aliphatic heterocycles. The Bertz CT molecular complexity index is 587. The molecule has 0 bridgehead atoms. The summed E-state index contributed by atoms with van der Waals surface area (Å²) in [5.74, 6) is 0.415. The molecule has 1 heterocycles. The summed E-state index contributed by atoms with van der Waals surface area (Å²) >= 11 is 7.25. The van der Waals surface area contributed by atoms with Gasteiger partial charge < -0.3 is 10.5 Å². The predicted molar refractivity (Wildman–Crippen MR) is 81.9 cm³/mol. The molecule has 0 atom stereocenters. The van der Waals surface area contributed by atoms with Gasteiger partial charge in [-0.3, -0.25) is 0 Å². The van der Waals surface area contributed by atoms with Crippen molar-refractivity contribution in [3.8, 4) is 5.75 Å². The first kappa shape index (κ1) is 14.8. The van der Waals surface area contributed by atoms with Gasteiger partial charge in [0.2, 0.25) is 0 Å². The Morgan fingerprint density at radius 3 is 2.95 bits per heavy atom. The van der Waals surface area contributed by atoms with Crippen LogP contribution in [0.3, 0.4) is 0 Å². The molecular formula is C14H14ClFN2OS. The molecule has 0 fully saturated rings. The molecule has 0 amide bonds. The average molecular weight is 313 g/mol. The number of benzene rings is 1. The number of hydrogen-bond acceptors (Lipinski definition) is 3. The highest BCUT2D eigenvalue weighted by atomic mass is 35.5. The van der Waals surface area contributed by atoms with Crippen molar-refractivity contribution in [3.63, 3.8) is 0 Å². The Labute approximate surface area is 125 Å². The third kappa shape index (κ3) is 4.21. The normalized spacial score (nSPS) is 11.6. The van der Waals surface area contributed by atoms with Crippen LogP contribution in [0.1, 0.15) is 4.88 Å². The van der Waals surface area contributed by atoms with Gasteiger partial charge in [-0.15, -0.1) is 22.9 Å². The van der Waals surface area contributed by atoms with Crippen molar-refractivity contribution in [2.24, 2.45) is 10.7 Å². The van der Waals surface area contributed by atoms with E-state index in [4.69, 9.17) is 22.1 Å². The quantitative estimate of drug-likeness (QED) is 0.502. The fourth-order valence-corrected chi connectivity index (χ4v) is 2.35. The van der Waals surface area contributed by atoms with E-state index in [0.717, 1.165) is 6.42 Å². The number of halogens is 2. The second-order valence-corrected chi connectivity index (χ2v) is 5.33. The molecule has 0 radical (unpaired) electrons. The van der Waals surface area contributed by atoms with E-state index in [1.54, 1.807) is 17.4 Å². The zero-order chi connectivity index (χ0) is 14.4. The number of ether oxygens (including phenoxy) is 1.